The van der Waals surface area contributed by atoms with Crippen molar-refractivity contribution in [2.75, 3.05) is 17.2 Å². The van der Waals surface area contributed by atoms with E-state index >= 15 is 0 Å². The monoisotopic (exact) mass is 292 g/mol. The fraction of sp³-hybridized carbons (Fsp3) is 0.286. The van der Waals surface area contributed by atoms with Gasteiger partial charge in [-0.05, 0) is 43.2 Å². The van der Waals surface area contributed by atoms with Crippen LogP contribution in [0.3, 0.4) is 0 Å². The van der Waals surface area contributed by atoms with Crippen LogP contribution in [0.1, 0.15) is 21.7 Å². The maximum Gasteiger partial charge on any atom is 0.273 e. The number of nitrogens with one attached hydrogen (secondary N) is 2. The van der Waals surface area contributed by atoms with Gasteiger partial charge in [-0.25, -0.2) is 0 Å². The Balaban J connectivity index is 0.00000147. The van der Waals surface area contributed by atoms with Crippen molar-refractivity contribution in [3.63, 3.8) is 0 Å². The number of hydrogen-bond acceptors (Lipinski definition) is 3. The molecule has 3 rings (SSSR count). The largest absolute Gasteiger partial charge is 0.384 e. The average molecular weight is 293 g/mol. The van der Waals surface area contributed by atoms with Gasteiger partial charge < -0.3 is 10.6 Å². The lowest BCUT2D eigenvalue weighted by Crippen LogP contribution is -2.16. The zero-order chi connectivity index (χ0) is 13.4. The normalized spacial score (nSPS) is 12.3. The van der Waals surface area contributed by atoms with E-state index in [0.717, 1.165) is 30.0 Å². The Morgan fingerprint density at radius 2 is 2.20 bits per heavy atom. The van der Waals surface area contributed by atoms with E-state index in [0.29, 0.717) is 5.69 Å². The summed E-state index contributed by atoms with van der Waals surface area (Å²) >= 11 is 0. The Hall–Kier alpha value is -2.01. The topological polar surface area (TPSA) is 59.0 Å². The van der Waals surface area contributed by atoms with Gasteiger partial charge in [0.1, 0.15) is 5.69 Å². The van der Waals surface area contributed by atoms with Crippen LogP contribution >= 0.6 is 12.4 Å². The van der Waals surface area contributed by atoms with Crippen molar-refractivity contribution in [2.45, 2.75) is 13.3 Å². The van der Waals surface area contributed by atoms with Gasteiger partial charge in [0.05, 0.1) is 5.69 Å². The van der Waals surface area contributed by atoms with E-state index in [-0.39, 0.29) is 18.3 Å². The molecule has 2 N–H and O–H groups in total. The highest BCUT2D eigenvalue weighted by atomic mass is 35.5. The summed E-state index contributed by atoms with van der Waals surface area (Å²) in [6, 6.07) is 7.73. The summed E-state index contributed by atoms with van der Waals surface area (Å²) in [6.45, 7) is 2.84. The number of hydrogen-bond donors (Lipinski definition) is 2. The SMILES string of the molecule is Cc1cc(C(=O)Nc2ccc3c(c2)CCN3)n(C)n1.Cl. The summed E-state index contributed by atoms with van der Waals surface area (Å²) in [5.41, 5.74) is 4.64. The minimum atomic E-state index is -0.131. The highest BCUT2D eigenvalue weighted by Crippen LogP contribution is 2.25. The van der Waals surface area contributed by atoms with Crippen molar-refractivity contribution >= 4 is 29.7 Å². The van der Waals surface area contributed by atoms with E-state index in [1.54, 1.807) is 17.8 Å². The van der Waals surface area contributed by atoms with Gasteiger partial charge in [-0.1, -0.05) is 0 Å². The fourth-order valence-electron chi connectivity index (χ4n) is 2.40. The van der Waals surface area contributed by atoms with Gasteiger partial charge in [-0.3, -0.25) is 9.48 Å². The highest BCUT2D eigenvalue weighted by Gasteiger charge is 2.14. The standard InChI is InChI=1S/C14H16N4O.ClH/c1-9-7-13(18(2)17-9)14(19)16-11-3-4-12-10(8-11)5-6-15-12;/h3-4,7-8,15H,5-6H2,1-2H3,(H,16,19);1H. The minimum Gasteiger partial charge on any atom is -0.384 e. The lowest BCUT2D eigenvalue weighted by Gasteiger charge is -2.07. The Bertz CT molecular complexity index is 651. The zero-order valence-electron chi connectivity index (χ0n) is 11.4. The molecule has 1 aromatic carbocycles. The third kappa shape index (κ3) is 2.63. The highest BCUT2D eigenvalue weighted by molar-refractivity contribution is 6.03. The zero-order valence-corrected chi connectivity index (χ0v) is 12.3. The van der Waals surface area contributed by atoms with Crippen LogP contribution in [0, 0.1) is 6.92 Å². The number of benzene rings is 1. The van der Waals surface area contributed by atoms with Crippen molar-refractivity contribution in [2.24, 2.45) is 7.05 Å². The lowest BCUT2D eigenvalue weighted by atomic mass is 10.1. The maximum atomic E-state index is 12.2. The second-order valence-corrected chi connectivity index (χ2v) is 4.80. The van der Waals surface area contributed by atoms with Crippen LogP contribution < -0.4 is 10.6 Å². The molecule has 5 nitrogen and oxygen atoms in total. The van der Waals surface area contributed by atoms with Gasteiger partial charge in [0.15, 0.2) is 0 Å². The molecule has 6 heteroatoms. The lowest BCUT2D eigenvalue weighted by molar-refractivity contribution is 0.101. The molecule has 0 saturated carbocycles. The molecule has 0 saturated heterocycles. The van der Waals surface area contributed by atoms with Crippen LogP contribution in [-0.2, 0) is 13.5 Å². The number of nitrogens with zero attached hydrogens (tertiary/aromatic N) is 2. The number of carbonyl (C=O) groups excluding carboxylic acids is 1. The first kappa shape index (κ1) is 14.4. The molecule has 1 amide bonds. The number of carbonyl (C=O) groups is 1. The molecule has 0 radical (unpaired) electrons. The number of amides is 1. The van der Waals surface area contributed by atoms with E-state index in [2.05, 4.69) is 15.7 Å². The smallest absolute Gasteiger partial charge is 0.273 e. The number of fused-ring (bicyclic) bond motifs is 1. The van der Waals surface area contributed by atoms with Gasteiger partial charge in [0.2, 0.25) is 0 Å². The van der Waals surface area contributed by atoms with E-state index in [4.69, 9.17) is 0 Å². The maximum absolute atomic E-state index is 12.2. The molecule has 0 fully saturated rings. The summed E-state index contributed by atoms with van der Waals surface area (Å²) in [4.78, 5) is 12.2. The van der Waals surface area contributed by atoms with Crippen LogP contribution in [0.5, 0.6) is 0 Å². The molecule has 0 unspecified atom stereocenters. The van der Waals surface area contributed by atoms with Crippen molar-refractivity contribution in [1.29, 1.82) is 0 Å². The Labute approximate surface area is 123 Å². The van der Waals surface area contributed by atoms with Crippen LogP contribution in [0.2, 0.25) is 0 Å². The van der Waals surface area contributed by atoms with Crippen molar-refractivity contribution in [1.82, 2.24) is 9.78 Å². The number of aromatic nitrogens is 2. The number of rotatable bonds is 2. The van der Waals surface area contributed by atoms with E-state index in [1.807, 2.05) is 25.1 Å². The van der Waals surface area contributed by atoms with Crippen LogP contribution in [0.15, 0.2) is 24.3 Å². The first-order valence-corrected chi connectivity index (χ1v) is 6.32. The average Bonchev–Trinajstić information content (AvgIpc) is 2.94. The van der Waals surface area contributed by atoms with Crippen molar-refractivity contribution in [3.8, 4) is 0 Å². The Kier molecular flexibility index (Phi) is 3.99. The van der Waals surface area contributed by atoms with Gasteiger partial charge in [0.25, 0.3) is 5.91 Å². The summed E-state index contributed by atoms with van der Waals surface area (Å²) in [5.74, 6) is -0.131. The quantitative estimate of drug-likeness (QED) is 0.893. The summed E-state index contributed by atoms with van der Waals surface area (Å²) in [6.07, 6.45) is 1.00. The molecular formula is C14H17ClN4O. The van der Waals surface area contributed by atoms with Gasteiger partial charge in [0, 0.05) is 25.0 Å². The van der Waals surface area contributed by atoms with Gasteiger partial charge >= 0.3 is 0 Å². The fourth-order valence-corrected chi connectivity index (χ4v) is 2.40. The molecule has 0 atom stereocenters. The predicted octanol–water partition coefficient (Wildman–Crippen LogP) is 2.37. The predicted molar refractivity (Wildman–Crippen MR) is 81.8 cm³/mol. The third-order valence-electron chi connectivity index (χ3n) is 3.31. The molecule has 0 bridgehead atoms. The van der Waals surface area contributed by atoms with Gasteiger partial charge in [-0.2, -0.15) is 5.10 Å². The molecule has 1 aromatic heterocycles. The Morgan fingerprint density at radius 3 is 2.90 bits per heavy atom. The van der Waals surface area contributed by atoms with E-state index in [9.17, 15) is 4.79 Å². The third-order valence-corrected chi connectivity index (χ3v) is 3.31. The summed E-state index contributed by atoms with van der Waals surface area (Å²) in [5, 5.41) is 10.4. The molecule has 1 aliphatic heterocycles. The molecule has 20 heavy (non-hydrogen) atoms. The Morgan fingerprint density at radius 1 is 1.40 bits per heavy atom. The molecule has 2 aromatic rings. The first-order valence-electron chi connectivity index (χ1n) is 6.32. The molecule has 0 spiro atoms. The first-order chi connectivity index (χ1) is 9.13. The van der Waals surface area contributed by atoms with E-state index in [1.165, 1.54) is 5.56 Å². The summed E-state index contributed by atoms with van der Waals surface area (Å²) < 4.78 is 1.60. The van der Waals surface area contributed by atoms with Crippen molar-refractivity contribution < 1.29 is 4.79 Å². The molecular weight excluding hydrogens is 276 g/mol. The second kappa shape index (κ2) is 5.54. The van der Waals surface area contributed by atoms with E-state index < -0.39 is 0 Å². The van der Waals surface area contributed by atoms with Crippen molar-refractivity contribution in [3.05, 3.63) is 41.2 Å². The molecule has 0 aliphatic carbocycles. The molecule has 106 valence electrons. The second-order valence-electron chi connectivity index (χ2n) is 4.80. The summed E-state index contributed by atoms with van der Waals surface area (Å²) in [7, 11) is 1.77. The number of anilines is 2. The minimum absolute atomic E-state index is 0. The van der Waals surface area contributed by atoms with Crippen LogP contribution in [-0.4, -0.2) is 22.2 Å². The van der Waals surface area contributed by atoms with Crippen LogP contribution in [0.25, 0.3) is 0 Å². The molecule has 1 aliphatic rings. The van der Waals surface area contributed by atoms with Crippen LogP contribution in [0.4, 0.5) is 11.4 Å². The van der Waals surface area contributed by atoms with Gasteiger partial charge in [-0.15, -0.1) is 12.4 Å². The number of halogens is 1. The molecule has 2 heterocycles. The number of aryl methyl sites for hydroxylation is 2.